The van der Waals surface area contributed by atoms with Crippen molar-refractivity contribution in [1.29, 1.82) is 0 Å². The fraction of sp³-hybridized carbons (Fsp3) is 0.300. The summed E-state index contributed by atoms with van der Waals surface area (Å²) in [5.74, 6) is 0.468. The zero-order chi connectivity index (χ0) is 28.3. The van der Waals surface area contributed by atoms with Gasteiger partial charge in [-0.3, -0.25) is 14.2 Å². The zero-order valence-electron chi connectivity index (χ0n) is 22.6. The van der Waals surface area contributed by atoms with E-state index in [4.69, 9.17) is 14.5 Å². The predicted molar refractivity (Wildman–Crippen MR) is 153 cm³/mol. The number of fused-ring (bicyclic) bond motifs is 1. The molecule has 0 aliphatic heterocycles. The van der Waals surface area contributed by atoms with Gasteiger partial charge in [-0.15, -0.1) is 0 Å². The quantitative estimate of drug-likeness (QED) is 0.219. The summed E-state index contributed by atoms with van der Waals surface area (Å²) in [5, 5.41) is 0.413. The lowest BCUT2D eigenvalue weighted by Crippen LogP contribution is -2.39. The van der Waals surface area contributed by atoms with Crippen LogP contribution in [-0.2, 0) is 0 Å². The molecule has 0 aliphatic carbocycles. The first-order chi connectivity index (χ1) is 18.7. The number of aromatic nitrogens is 2. The number of ether oxygens (including phenoxy) is 2. The number of benzene rings is 3. The maximum atomic E-state index is 14.7. The van der Waals surface area contributed by atoms with E-state index in [9.17, 15) is 14.0 Å². The molecule has 9 heteroatoms. The molecule has 3 aromatic carbocycles. The van der Waals surface area contributed by atoms with E-state index in [1.165, 1.54) is 30.9 Å². The van der Waals surface area contributed by atoms with Crippen LogP contribution < -0.4 is 15.0 Å². The summed E-state index contributed by atoms with van der Waals surface area (Å²) >= 11 is 3.59. The maximum Gasteiger partial charge on any atom is 0.266 e. The number of carbonyl (C=O) groups is 1. The molecule has 1 atom stereocenters. The largest absolute Gasteiger partial charge is 0.497 e. The first-order valence-corrected chi connectivity index (χ1v) is 13.5. The first kappa shape index (κ1) is 28.3. The van der Waals surface area contributed by atoms with Crippen molar-refractivity contribution in [1.82, 2.24) is 14.5 Å². The highest BCUT2D eigenvalue weighted by Gasteiger charge is 2.30. The van der Waals surface area contributed by atoms with E-state index in [0.717, 1.165) is 0 Å². The van der Waals surface area contributed by atoms with Gasteiger partial charge in [-0.1, -0.05) is 38.1 Å². The van der Waals surface area contributed by atoms with Crippen molar-refractivity contribution < 1.29 is 18.7 Å². The van der Waals surface area contributed by atoms with E-state index in [1.807, 2.05) is 0 Å². The summed E-state index contributed by atoms with van der Waals surface area (Å²) in [6, 6.07) is 15.7. The van der Waals surface area contributed by atoms with Gasteiger partial charge in [0.1, 0.15) is 23.1 Å². The third-order valence-corrected chi connectivity index (χ3v) is 7.44. The smallest absolute Gasteiger partial charge is 0.266 e. The van der Waals surface area contributed by atoms with E-state index >= 15 is 0 Å². The van der Waals surface area contributed by atoms with Crippen LogP contribution in [0.25, 0.3) is 16.6 Å². The number of hydrogen-bond acceptors (Lipinski definition) is 5. The minimum atomic E-state index is -0.697. The highest BCUT2D eigenvalue weighted by molar-refractivity contribution is 9.10. The molecule has 0 bridgehead atoms. The lowest BCUT2D eigenvalue weighted by atomic mass is 10.1. The minimum absolute atomic E-state index is 0.0352. The molecular formula is C30H31BrFN3O4. The lowest BCUT2D eigenvalue weighted by molar-refractivity contribution is 0.0666. The van der Waals surface area contributed by atoms with E-state index in [0.29, 0.717) is 51.4 Å². The van der Waals surface area contributed by atoms with Crippen molar-refractivity contribution >= 4 is 32.7 Å². The topological polar surface area (TPSA) is 73.7 Å². The number of halogens is 2. The second-order valence-corrected chi connectivity index (χ2v) is 10.4. The minimum Gasteiger partial charge on any atom is -0.497 e. The molecule has 1 aromatic heterocycles. The number of carbonyl (C=O) groups excluding carboxylic acids is 1. The Morgan fingerprint density at radius 3 is 2.41 bits per heavy atom. The molecule has 0 aliphatic rings. The number of amides is 1. The molecule has 204 valence electrons. The standard InChI is InChI=1S/C30H31BrFN3O4/c1-18(2)14-15-34(29(36)21-10-6-8-12-23(21)32)19(3)28-33-24-13-9-7-11-22(24)30(37)35(28)25-16-20(38-4)17-26(39-5)27(25)31/h6-13,16-19H,14-15H2,1-5H3. The van der Waals surface area contributed by atoms with E-state index in [2.05, 4.69) is 29.8 Å². The number of methoxy groups -OCH3 is 2. The van der Waals surface area contributed by atoms with E-state index in [1.54, 1.807) is 60.4 Å². The monoisotopic (exact) mass is 595 g/mol. The molecule has 0 radical (unpaired) electrons. The predicted octanol–water partition coefficient (Wildman–Crippen LogP) is 6.55. The van der Waals surface area contributed by atoms with Gasteiger partial charge >= 0.3 is 0 Å². The normalized spacial score (nSPS) is 12.0. The lowest BCUT2D eigenvalue weighted by Gasteiger charge is -2.31. The maximum absolute atomic E-state index is 14.7. The van der Waals surface area contributed by atoms with Crippen LogP contribution in [-0.4, -0.2) is 41.1 Å². The number of nitrogens with zero attached hydrogens (tertiary/aromatic N) is 3. The van der Waals surface area contributed by atoms with Gasteiger partial charge in [-0.2, -0.15) is 0 Å². The first-order valence-electron chi connectivity index (χ1n) is 12.7. The molecule has 1 unspecified atom stereocenters. The summed E-state index contributed by atoms with van der Waals surface area (Å²) in [5.41, 5.74) is 0.583. The van der Waals surface area contributed by atoms with Crippen LogP contribution in [0, 0.1) is 11.7 Å². The van der Waals surface area contributed by atoms with Gasteiger partial charge < -0.3 is 14.4 Å². The molecule has 0 fully saturated rings. The summed E-state index contributed by atoms with van der Waals surface area (Å²) < 4.78 is 27.8. The Morgan fingerprint density at radius 1 is 1.05 bits per heavy atom. The van der Waals surface area contributed by atoms with Gasteiger partial charge in [0.05, 0.1) is 46.9 Å². The second kappa shape index (κ2) is 12.0. The molecule has 4 rings (SSSR count). The molecular weight excluding hydrogens is 565 g/mol. The van der Waals surface area contributed by atoms with Crippen molar-refractivity contribution in [2.24, 2.45) is 5.92 Å². The Labute approximate surface area is 235 Å². The van der Waals surface area contributed by atoms with Crippen LogP contribution in [0.2, 0.25) is 0 Å². The summed E-state index contributed by atoms with van der Waals surface area (Å²) in [7, 11) is 3.05. The molecule has 4 aromatic rings. The van der Waals surface area contributed by atoms with Gasteiger partial charge in [0, 0.05) is 18.7 Å². The van der Waals surface area contributed by atoms with Crippen LogP contribution in [0.15, 0.2) is 69.9 Å². The average molecular weight is 596 g/mol. The third kappa shape index (κ3) is 5.68. The number of rotatable bonds is 9. The van der Waals surface area contributed by atoms with E-state index < -0.39 is 17.8 Å². The Kier molecular flexibility index (Phi) is 8.70. The molecule has 0 N–H and O–H groups in total. The summed E-state index contributed by atoms with van der Waals surface area (Å²) in [4.78, 5) is 34.3. The zero-order valence-corrected chi connectivity index (χ0v) is 24.2. The fourth-order valence-electron chi connectivity index (χ4n) is 4.45. The molecule has 1 heterocycles. The van der Waals surface area contributed by atoms with Gasteiger partial charge in [-0.25, -0.2) is 9.37 Å². The summed E-state index contributed by atoms with van der Waals surface area (Å²) in [6.07, 6.45) is 0.680. The van der Waals surface area contributed by atoms with Crippen LogP contribution in [0.3, 0.4) is 0 Å². The van der Waals surface area contributed by atoms with Crippen molar-refractivity contribution in [3.63, 3.8) is 0 Å². The van der Waals surface area contributed by atoms with Crippen molar-refractivity contribution in [2.45, 2.75) is 33.2 Å². The molecule has 1 amide bonds. The highest BCUT2D eigenvalue weighted by Crippen LogP contribution is 2.37. The molecule has 7 nitrogen and oxygen atoms in total. The Morgan fingerprint density at radius 2 is 1.74 bits per heavy atom. The number of para-hydroxylation sites is 1. The Hall–Kier alpha value is -3.72. The third-order valence-electron chi connectivity index (χ3n) is 6.65. The van der Waals surface area contributed by atoms with Gasteiger partial charge in [0.2, 0.25) is 0 Å². The fourth-order valence-corrected chi connectivity index (χ4v) is 5.02. The van der Waals surface area contributed by atoms with Crippen LogP contribution in [0.5, 0.6) is 11.5 Å². The summed E-state index contributed by atoms with van der Waals surface area (Å²) in [6.45, 7) is 6.26. The van der Waals surface area contributed by atoms with Crippen LogP contribution >= 0.6 is 15.9 Å². The second-order valence-electron chi connectivity index (χ2n) is 9.63. The van der Waals surface area contributed by atoms with Gasteiger partial charge in [-0.05, 0) is 59.5 Å². The number of hydrogen-bond donors (Lipinski definition) is 0. The average Bonchev–Trinajstić information content (AvgIpc) is 2.93. The molecule has 0 saturated heterocycles. The SMILES string of the molecule is COc1cc(OC)c(Br)c(-n2c(C(C)N(CCC(C)C)C(=O)c3ccccc3F)nc3ccccc3c2=O)c1. The molecule has 39 heavy (non-hydrogen) atoms. The Bertz CT molecular complexity index is 1570. The van der Waals surface area contributed by atoms with Crippen molar-refractivity contribution in [3.8, 4) is 17.2 Å². The van der Waals surface area contributed by atoms with Gasteiger partial charge in [0.25, 0.3) is 11.5 Å². The van der Waals surface area contributed by atoms with Gasteiger partial charge in [0.15, 0.2) is 0 Å². The van der Waals surface area contributed by atoms with E-state index in [-0.39, 0.29) is 17.0 Å². The van der Waals surface area contributed by atoms with Crippen molar-refractivity contribution in [3.05, 3.63) is 92.7 Å². The highest BCUT2D eigenvalue weighted by atomic mass is 79.9. The molecule has 0 saturated carbocycles. The van der Waals surface area contributed by atoms with Crippen LogP contribution in [0.1, 0.15) is 49.4 Å². The van der Waals surface area contributed by atoms with Crippen molar-refractivity contribution in [2.75, 3.05) is 20.8 Å². The van der Waals surface area contributed by atoms with Crippen LogP contribution in [0.4, 0.5) is 4.39 Å². The molecule has 0 spiro atoms. The Balaban J connectivity index is 1.99.